The van der Waals surface area contributed by atoms with E-state index in [-0.39, 0.29) is 58.6 Å². The summed E-state index contributed by atoms with van der Waals surface area (Å²) in [5.41, 5.74) is 2.32. The molecule has 2 saturated carbocycles. The summed E-state index contributed by atoms with van der Waals surface area (Å²) in [6.45, 7) is 11.6. The van der Waals surface area contributed by atoms with Gasteiger partial charge in [-0.1, -0.05) is 10.3 Å². The Bertz CT molecular complexity index is 2690. The number of likely N-dealkylation sites (tertiary alicyclic amines) is 2. The zero-order valence-corrected chi connectivity index (χ0v) is 44.8. The number of nitrogens with zero attached hydrogens (tertiary/aromatic N) is 7. The van der Waals surface area contributed by atoms with Gasteiger partial charge < -0.3 is 48.8 Å². The lowest BCUT2D eigenvalue weighted by Gasteiger charge is -2.33. The number of piperidine rings is 4. The molecular weight excluding hydrogens is 1020 g/mol. The van der Waals surface area contributed by atoms with E-state index in [1.54, 1.807) is 19.6 Å². The number of benzene rings is 2. The van der Waals surface area contributed by atoms with Gasteiger partial charge in [0.05, 0.1) is 56.1 Å². The van der Waals surface area contributed by atoms with Crippen LogP contribution in [0.1, 0.15) is 118 Å². The van der Waals surface area contributed by atoms with Gasteiger partial charge in [-0.25, -0.2) is 44.4 Å². The zero-order chi connectivity index (χ0) is 53.8. The fourth-order valence-electron chi connectivity index (χ4n) is 9.97. The summed E-state index contributed by atoms with van der Waals surface area (Å²) >= 11 is 0. The Balaban J connectivity index is 0.000000203. The molecule has 2 amide bonds. The quantitative estimate of drug-likeness (QED) is 0.180. The van der Waals surface area contributed by atoms with Gasteiger partial charge in [-0.15, -0.1) is 0 Å². The van der Waals surface area contributed by atoms with Crippen LogP contribution >= 0.6 is 0 Å². The van der Waals surface area contributed by atoms with Crippen LogP contribution < -0.4 is 14.7 Å². The van der Waals surface area contributed by atoms with Crippen LogP contribution in [0.4, 0.5) is 39.8 Å². The van der Waals surface area contributed by atoms with Crippen LogP contribution in [0.15, 0.2) is 44.4 Å². The third-order valence-electron chi connectivity index (χ3n) is 14.5. The number of hydrogen-bond acceptors (Lipinski definition) is 16. The van der Waals surface area contributed by atoms with Crippen molar-refractivity contribution in [2.45, 2.75) is 168 Å². The molecule has 2 aromatic carbocycles. The molecule has 75 heavy (non-hydrogen) atoms. The highest BCUT2D eigenvalue weighted by atomic mass is 32.2. The Morgan fingerprint density at radius 1 is 0.547 bits per heavy atom. The summed E-state index contributed by atoms with van der Waals surface area (Å²) in [6.07, 6.45) is 6.79. The predicted molar refractivity (Wildman–Crippen MR) is 274 cm³/mol. The number of halogens is 3. The van der Waals surface area contributed by atoms with Crippen LogP contribution in [0.5, 0.6) is 0 Å². The average Bonchev–Trinajstić information content (AvgIpc) is 4.34. The number of oxime groups is 2. The van der Waals surface area contributed by atoms with Gasteiger partial charge in [-0.2, -0.15) is 0 Å². The molecule has 2 aromatic rings. The van der Waals surface area contributed by atoms with Crippen molar-refractivity contribution in [1.82, 2.24) is 9.80 Å². The van der Waals surface area contributed by atoms with Gasteiger partial charge in [-0.3, -0.25) is 0 Å². The van der Waals surface area contributed by atoms with Crippen molar-refractivity contribution >= 4 is 66.3 Å². The van der Waals surface area contributed by atoms with Crippen LogP contribution in [0.2, 0.25) is 0 Å². The van der Waals surface area contributed by atoms with E-state index in [0.29, 0.717) is 149 Å². The van der Waals surface area contributed by atoms with Gasteiger partial charge in [0, 0.05) is 116 Å². The second kappa shape index (κ2) is 23.8. The third kappa shape index (κ3) is 13.7. The van der Waals surface area contributed by atoms with E-state index in [1.165, 1.54) is 6.07 Å². The predicted octanol–water partition coefficient (Wildman–Crippen LogP) is 7.68. The van der Waals surface area contributed by atoms with Gasteiger partial charge in [0.2, 0.25) is 0 Å². The number of carboxylic acid groups (broad SMARTS) is 1. The normalized spacial score (nSPS) is 21.2. The number of carbonyl (C=O) groups is 3. The number of rotatable bonds is 14. The minimum atomic E-state index is -3.80. The summed E-state index contributed by atoms with van der Waals surface area (Å²) in [5, 5.41) is 17.3. The van der Waals surface area contributed by atoms with Gasteiger partial charge in [0.25, 0.3) is 0 Å². The summed E-state index contributed by atoms with van der Waals surface area (Å²) in [6, 6.07) is 3.58. The zero-order valence-electron chi connectivity index (χ0n) is 43.1. The molecule has 5 heterocycles. The lowest BCUT2D eigenvalue weighted by atomic mass is 10.1. The molecule has 7 aliphatic rings. The lowest BCUT2D eigenvalue weighted by molar-refractivity contribution is -0.138. The standard InChI is InChI=1S/C28H39FN4O7S.C23H31F2N3O5S/c1-18(2)39-28(36)32-14-9-20(10-15-32)40-30-19-7-12-31(13-8-19)24-17-25(33-11-3-4-23(33)27(34)35)26(16-22(24)29)41(37,38)21-5-6-21;1-15(2)32-23(29)28-11-7-17(8-12-28)33-26-16-5-9-27(10-6-16)21-13-20(25)22(14-19(21)24)34(30,31)18-3-4-18/h16-18,20-21,23H,3-15H2,1-2H3,(H,34,35);13-15,17-18H,3-12H2,1-2H3/t23-;/m0./s1. The number of carbonyl (C=O) groups excluding carboxylic acids is 2. The van der Waals surface area contributed by atoms with Crippen LogP contribution in [-0.4, -0.2) is 161 Å². The third-order valence-corrected chi connectivity index (χ3v) is 19.1. The number of carboxylic acids is 1. The van der Waals surface area contributed by atoms with Crippen LogP contribution in [0.25, 0.3) is 0 Å². The van der Waals surface area contributed by atoms with Gasteiger partial charge in [0.15, 0.2) is 19.7 Å². The van der Waals surface area contributed by atoms with Crippen molar-refractivity contribution in [3.8, 4) is 0 Å². The van der Waals surface area contributed by atoms with Gasteiger partial charge in [0.1, 0.15) is 40.6 Å². The van der Waals surface area contributed by atoms with E-state index >= 15 is 4.39 Å². The molecule has 5 saturated heterocycles. The second-order valence-corrected chi connectivity index (χ2v) is 25.3. The van der Waals surface area contributed by atoms with E-state index in [1.807, 2.05) is 32.6 Å². The number of sulfone groups is 2. The molecule has 9 rings (SSSR count). The molecule has 1 N–H and O–H groups in total. The molecule has 0 unspecified atom stereocenters. The molecule has 0 aromatic heterocycles. The summed E-state index contributed by atoms with van der Waals surface area (Å²) in [4.78, 5) is 55.3. The van der Waals surface area contributed by atoms with Crippen molar-refractivity contribution in [2.75, 3.05) is 73.6 Å². The highest BCUT2D eigenvalue weighted by Crippen LogP contribution is 2.43. The fraction of sp³-hybridized carbons (Fsp3) is 0.667. The molecular formula is C51H70F3N7O12S2. The van der Waals surface area contributed by atoms with Crippen LogP contribution in [0, 0.1) is 17.5 Å². The number of hydrogen-bond donors (Lipinski definition) is 1. The highest BCUT2D eigenvalue weighted by Gasteiger charge is 2.43. The highest BCUT2D eigenvalue weighted by molar-refractivity contribution is 7.92. The maximum Gasteiger partial charge on any atom is 0.410 e. The number of ether oxygens (including phenoxy) is 2. The molecule has 19 nitrogen and oxygen atoms in total. The molecule has 414 valence electrons. The van der Waals surface area contributed by atoms with Crippen LogP contribution in [-0.2, 0) is 43.6 Å². The maximum absolute atomic E-state index is 15.5. The number of anilines is 3. The first-order chi connectivity index (χ1) is 35.7. The van der Waals surface area contributed by atoms with E-state index in [0.717, 1.165) is 29.6 Å². The Hall–Kier alpha value is -5.52. The molecule has 0 radical (unpaired) electrons. The molecule has 7 fully saturated rings. The monoisotopic (exact) mass is 1090 g/mol. The Morgan fingerprint density at radius 2 is 0.960 bits per heavy atom. The largest absolute Gasteiger partial charge is 0.480 e. The second-order valence-electron chi connectivity index (χ2n) is 20.9. The number of amides is 2. The van der Waals surface area contributed by atoms with Crippen molar-refractivity contribution < 1.29 is 68.6 Å². The first kappa shape index (κ1) is 55.7. The SMILES string of the molecule is CC(C)OC(=O)N1CCC(ON=C2CCN(c3cc(F)c(S(=O)(=O)C4CC4)cc3F)CC2)CC1.CC(C)OC(=O)N1CCC(ON=C2CCN(c3cc(N4CCC[C@H]4C(=O)O)c(S(=O)(=O)C4CC4)cc3F)CC2)CC1. The first-order valence-corrected chi connectivity index (χ1v) is 29.4. The van der Waals surface area contributed by atoms with Gasteiger partial charge >= 0.3 is 18.2 Å². The summed E-state index contributed by atoms with van der Waals surface area (Å²) in [5.74, 6) is -3.28. The molecule has 2 aliphatic carbocycles. The fourth-order valence-corrected chi connectivity index (χ4v) is 13.5. The molecule has 0 bridgehead atoms. The Morgan fingerprint density at radius 3 is 1.37 bits per heavy atom. The first-order valence-electron chi connectivity index (χ1n) is 26.3. The Kier molecular flexibility index (Phi) is 17.7. The van der Waals surface area contributed by atoms with E-state index in [9.17, 15) is 45.1 Å². The Labute approximate surface area is 437 Å². The van der Waals surface area contributed by atoms with Gasteiger partial charge in [-0.05, 0) is 84.4 Å². The van der Waals surface area contributed by atoms with Crippen LogP contribution in [0.3, 0.4) is 0 Å². The van der Waals surface area contributed by atoms with Crippen molar-refractivity contribution in [3.63, 3.8) is 0 Å². The van der Waals surface area contributed by atoms with E-state index in [2.05, 4.69) is 10.3 Å². The summed E-state index contributed by atoms with van der Waals surface area (Å²) in [7, 11) is -7.56. The van der Waals surface area contributed by atoms with E-state index < -0.39 is 64.5 Å². The molecule has 24 heteroatoms. The van der Waals surface area contributed by atoms with E-state index in [4.69, 9.17) is 19.1 Å². The smallest absolute Gasteiger partial charge is 0.410 e. The molecule has 1 atom stereocenters. The molecule has 5 aliphatic heterocycles. The maximum atomic E-state index is 15.5. The summed E-state index contributed by atoms with van der Waals surface area (Å²) < 4.78 is 106. The lowest BCUT2D eigenvalue weighted by Crippen LogP contribution is -2.41. The topological polar surface area (TPSA) is 218 Å². The minimum Gasteiger partial charge on any atom is -0.480 e. The molecule has 0 spiro atoms. The minimum absolute atomic E-state index is 0.0628. The average molecular weight is 1090 g/mol. The van der Waals surface area contributed by atoms with Crippen molar-refractivity contribution in [2.24, 2.45) is 10.3 Å². The van der Waals surface area contributed by atoms with Crippen molar-refractivity contribution in [1.29, 1.82) is 0 Å². The number of aliphatic carboxylic acids is 1. The van der Waals surface area contributed by atoms with Crippen molar-refractivity contribution in [3.05, 3.63) is 41.7 Å².